The van der Waals surface area contributed by atoms with E-state index in [1.165, 1.54) is 64.7 Å². The van der Waals surface area contributed by atoms with Gasteiger partial charge >= 0.3 is 17.9 Å². The lowest BCUT2D eigenvalue weighted by atomic mass is 9.89. The molecule has 14 nitrogen and oxygen atoms in total. The number of unbranched alkanes of at least 4 members (excludes halogenated alkanes) is 9. The fourth-order valence-corrected chi connectivity index (χ4v) is 3.63. The van der Waals surface area contributed by atoms with Crippen molar-refractivity contribution in [3.05, 3.63) is 0 Å². The van der Waals surface area contributed by atoms with Crippen LogP contribution in [0.4, 0.5) is 0 Å². The van der Waals surface area contributed by atoms with E-state index in [2.05, 4.69) is 19.2 Å². The second kappa shape index (κ2) is 68.7. The summed E-state index contributed by atoms with van der Waals surface area (Å²) in [6.07, 6.45) is 22.1. The summed E-state index contributed by atoms with van der Waals surface area (Å²) in [7, 11) is 0. The van der Waals surface area contributed by atoms with Crippen LogP contribution in [-0.2, 0) is 33.4 Å². The third-order valence-electron chi connectivity index (χ3n) is 11.3. The Bertz CT molecular complexity index is 1070. The number of aliphatic hydroxyl groups excluding tert-OH is 6. The summed E-state index contributed by atoms with van der Waals surface area (Å²) in [5.74, 6) is -0.304. The number of nitrogens with one attached hydrogen (secondary N) is 1. The number of rotatable bonds is 28. The van der Waals surface area contributed by atoms with Crippen LogP contribution in [0.15, 0.2) is 0 Å². The van der Waals surface area contributed by atoms with Crippen LogP contribution in [0.25, 0.3) is 0 Å². The highest BCUT2D eigenvalue weighted by atomic mass is 16.5. The molecule has 14 heteroatoms. The number of carbonyl (C=O) groups excluding carboxylic acids is 4. The standard InChI is InChI=1S/C18H37NO.C8H16O3.C8H16O2.C6H12O2.5C4H10O/c1-5-7-8-9-10-11-12-13-14-15-16-19-17(20)18(3,4)6-2;1-4-8(2,3)7(10)11-6-5-9;1-4-6-8(9)10-7(3)5-2;1-4-5(2)8-6(3)7;5*1-3-4(2)5/h5-16H2,1-4H3,(H,19,20);9H,4-6H2,1-3H3;7H,4-6H2,1-3H3;5H,4H2,1-3H3;5*4-5H,3H2,1-2H3. The molecule has 0 saturated heterocycles. The molecule has 0 rings (SSSR count). The summed E-state index contributed by atoms with van der Waals surface area (Å²) < 4.78 is 14.5. The molecule has 0 aliphatic heterocycles. The molecule has 0 aliphatic rings. The van der Waals surface area contributed by atoms with Gasteiger partial charge in [0.25, 0.3) is 0 Å². The molecule has 0 radical (unpaired) electrons. The Balaban J connectivity index is -0.0000000972. The Hall–Kier alpha value is -2.36. The summed E-state index contributed by atoms with van der Waals surface area (Å²) >= 11 is 0. The van der Waals surface area contributed by atoms with E-state index >= 15 is 0 Å². The van der Waals surface area contributed by atoms with Gasteiger partial charge in [0.1, 0.15) is 6.61 Å². The average molecular weight is 1070 g/mol. The normalized spacial score (nSPS) is 13.0. The molecule has 0 aromatic carbocycles. The minimum Gasteiger partial charge on any atom is -0.463 e. The highest BCUT2D eigenvalue weighted by Gasteiger charge is 2.26. The van der Waals surface area contributed by atoms with Gasteiger partial charge in [-0.25, -0.2) is 0 Å². The Morgan fingerprint density at radius 1 is 0.459 bits per heavy atom. The van der Waals surface area contributed by atoms with Crippen LogP contribution in [0.2, 0.25) is 0 Å². The molecule has 0 aromatic rings. The molecule has 454 valence electrons. The number of hydrogen-bond donors (Lipinski definition) is 7. The van der Waals surface area contributed by atoms with Crippen molar-refractivity contribution >= 4 is 23.8 Å². The molecule has 7 N–H and O–H groups in total. The van der Waals surface area contributed by atoms with Gasteiger partial charge in [0.2, 0.25) is 5.91 Å². The quantitative estimate of drug-likeness (QED) is 0.0220. The number of esters is 3. The molecule has 0 heterocycles. The van der Waals surface area contributed by atoms with E-state index in [4.69, 9.17) is 44.8 Å². The van der Waals surface area contributed by atoms with Crippen molar-refractivity contribution < 1.29 is 64.0 Å². The maximum absolute atomic E-state index is 11.8. The number of carbonyl (C=O) groups is 4. The summed E-state index contributed by atoms with van der Waals surface area (Å²) in [6.45, 7) is 44.6. The van der Waals surface area contributed by atoms with E-state index < -0.39 is 5.41 Å². The van der Waals surface area contributed by atoms with Gasteiger partial charge in [-0.05, 0) is 133 Å². The van der Waals surface area contributed by atoms with Crippen LogP contribution in [0, 0.1) is 10.8 Å². The molecule has 7 atom stereocenters. The minimum atomic E-state index is -0.421. The molecule has 1 amide bonds. The zero-order valence-corrected chi connectivity index (χ0v) is 53.1. The monoisotopic (exact) mass is 1070 g/mol. The van der Waals surface area contributed by atoms with Crippen LogP contribution in [0.1, 0.15) is 294 Å². The first-order valence-corrected chi connectivity index (χ1v) is 29.1. The maximum Gasteiger partial charge on any atom is 0.311 e. The molecule has 7 unspecified atom stereocenters. The first kappa shape index (κ1) is 91.1. The lowest BCUT2D eigenvalue weighted by Gasteiger charge is -2.21. The molecule has 0 aliphatic carbocycles. The Morgan fingerprint density at radius 2 is 0.770 bits per heavy atom. The fourth-order valence-electron chi connectivity index (χ4n) is 3.63. The first-order chi connectivity index (χ1) is 34.3. The largest absolute Gasteiger partial charge is 0.463 e. The highest BCUT2D eigenvalue weighted by molar-refractivity contribution is 5.81. The van der Waals surface area contributed by atoms with Crippen molar-refractivity contribution in [1.82, 2.24) is 5.32 Å². The van der Waals surface area contributed by atoms with Gasteiger partial charge in [0, 0.05) is 25.3 Å². The van der Waals surface area contributed by atoms with Gasteiger partial charge in [0.15, 0.2) is 0 Å². The summed E-state index contributed by atoms with van der Waals surface area (Å²) in [5.41, 5.74) is -0.631. The SMILES string of the molecule is CCC(C)(C)C(=O)OCCO.CCC(C)O.CCC(C)O.CCC(C)O.CCC(C)O.CCC(C)O.CCC(C)OC(C)=O.CCCC(=O)OC(C)CC.CCCCCCCCCCCCNC(=O)C(C)(C)CC. The average Bonchev–Trinajstić information content (AvgIpc) is 3.35. The van der Waals surface area contributed by atoms with E-state index in [9.17, 15) is 19.2 Å². The molecular weight excluding hydrogens is 943 g/mol. The molecular formula is C60H131NO13. The molecule has 0 bridgehead atoms. The molecule has 0 fully saturated rings. The van der Waals surface area contributed by atoms with E-state index in [-0.39, 0.29) is 85.2 Å². The Labute approximate surface area is 459 Å². The maximum atomic E-state index is 11.8. The van der Waals surface area contributed by atoms with Crippen molar-refractivity contribution in [3.63, 3.8) is 0 Å². The van der Waals surface area contributed by atoms with E-state index in [1.54, 1.807) is 34.6 Å². The third-order valence-corrected chi connectivity index (χ3v) is 11.3. The van der Waals surface area contributed by atoms with E-state index in [1.807, 2.05) is 104 Å². The molecule has 0 saturated carbocycles. The van der Waals surface area contributed by atoms with Gasteiger partial charge < -0.3 is 50.2 Å². The Kier molecular flexibility index (Phi) is 84.5. The van der Waals surface area contributed by atoms with Crippen molar-refractivity contribution in [3.8, 4) is 0 Å². The van der Waals surface area contributed by atoms with Gasteiger partial charge in [-0.3, -0.25) is 19.2 Å². The van der Waals surface area contributed by atoms with Crippen LogP contribution in [-0.4, -0.2) is 117 Å². The van der Waals surface area contributed by atoms with Crippen molar-refractivity contribution in [2.45, 2.75) is 337 Å². The topological polar surface area (TPSA) is 229 Å². The minimum absolute atomic E-state index is 0.0724. The van der Waals surface area contributed by atoms with Gasteiger partial charge in [-0.2, -0.15) is 0 Å². The van der Waals surface area contributed by atoms with E-state index in [0.29, 0.717) is 6.42 Å². The summed E-state index contributed by atoms with van der Waals surface area (Å²) in [4.78, 5) is 43.9. The fraction of sp³-hybridized carbons (Fsp3) is 0.933. The smallest absolute Gasteiger partial charge is 0.311 e. The number of amides is 1. The van der Waals surface area contributed by atoms with Gasteiger partial charge in [-0.1, -0.05) is 148 Å². The van der Waals surface area contributed by atoms with Crippen LogP contribution < -0.4 is 5.32 Å². The first-order valence-electron chi connectivity index (χ1n) is 29.1. The highest BCUT2D eigenvalue weighted by Crippen LogP contribution is 2.21. The van der Waals surface area contributed by atoms with Crippen LogP contribution >= 0.6 is 0 Å². The predicted molar refractivity (Wildman–Crippen MR) is 313 cm³/mol. The second-order valence-corrected chi connectivity index (χ2v) is 20.3. The van der Waals surface area contributed by atoms with Crippen molar-refractivity contribution in [1.29, 1.82) is 0 Å². The van der Waals surface area contributed by atoms with Gasteiger partial charge in [-0.15, -0.1) is 0 Å². The summed E-state index contributed by atoms with van der Waals surface area (Å²) in [5, 5.41) is 53.2. The third kappa shape index (κ3) is 98.8. The summed E-state index contributed by atoms with van der Waals surface area (Å²) in [6, 6.07) is 0. The zero-order valence-electron chi connectivity index (χ0n) is 53.1. The van der Waals surface area contributed by atoms with Crippen LogP contribution in [0.3, 0.4) is 0 Å². The van der Waals surface area contributed by atoms with Crippen molar-refractivity contribution in [2.24, 2.45) is 10.8 Å². The molecule has 0 aromatic heterocycles. The molecule has 74 heavy (non-hydrogen) atoms. The second-order valence-electron chi connectivity index (χ2n) is 20.3. The predicted octanol–water partition coefficient (Wildman–Crippen LogP) is 13.8. The molecule has 0 spiro atoms. The van der Waals surface area contributed by atoms with Crippen LogP contribution in [0.5, 0.6) is 0 Å². The van der Waals surface area contributed by atoms with Crippen molar-refractivity contribution in [2.75, 3.05) is 19.8 Å². The lowest BCUT2D eigenvalue weighted by Crippen LogP contribution is -2.36. The number of ether oxygens (including phenoxy) is 3. The van der Waals surface area contributed by atoms with E-state index in [0.717, 1.165) is 77.2 Å². The Morgan fingerprint density at radius 3 is 1.01 bits per heavy atom. The van der Waals surface area contributed by atoms with Gasteiger partial charge in [0.05, 0.1) is 54.7 Å². The zero-order chi connectivity index (χ0) is 60.1. The lowest BCUT2D eigenvalue weighted by molar-refractivity contribution is -0.155. The number of aliphatic hydroxyl groups is 6. The number of hydrogen-bond acceptors (Lipinski definition) is 13.